The van der Waals surface area contributed by atoms with Crippen LogP contribution in [-0.4, -0.2) is 9.55 Å². The van der Waals surface area contributed by atoms with Crippen molar-refractivity contribution in [2.45, 2.75) is 13.3 Å². The number of aryl methyl sites for hydroxylation is 1. The molecule has 4 heteroatoms. The number of imidazole rings is 1. The van der Waals surface area contributed by atoms with Crippen LogP contribution in [-0.2, 0) is 13.5 Å². The number of hydrogen-bond acceptors (Lipinski definition) is 1. The van der Waals surface area contributed by atoms with Crippen LogP contribution in [0, 0.1) is 6.92 Å². The topological polar surface area (TPSA) is 17.8 Å². The van der Waals surface area contributed by atoms with Crippen molar-refractivity contribution in [3.8, 4) is 0 Å². The second-order valence-corrected chi connectivity index (χ2v) is 4.95. The van der Waals surface area contributed by atoms with Gasteiger partial charge in [0, 0.05) is 18.5 Å². The van der Waals surface area contributed by atoms with Gasteiger partial charge in [-0.2, -0.15) is 0 Å². The smallest absolute Gasteiger partial charge is 0.108 e. The fourth-order valence-electron chi connectivity index (χ4n) is 1.60. The maximum Gasteiger partial charge on any atom is 0.108 e. The molecule has 0 saturated carbocycles. The molecular weight excluding hydrogens is 288 g/mol. The molecule has 0 atom stereocenters. The predicted octanol–water partition coefficient (Wildman–Crippen LogP) is 3.74. The first-order chi connectivity index (χ1) is 7.58. The van der Waals surface area contributed by atoms with Gasteiger partial charge in [0.1, 0.15) is 10.4 Å². The Kier molecular flexibility index (Phi) is 3.36. The van der Waals surface area contributed by atoms with E-state index in [1.807, 2.05) is 36.7 Å². The fraction of sp³-hybridized carbons (Fsp3) is 0.250. The van der Waals surface area contributed by atoms with Gasteiger partial charge in [0.25, 0.3) is 0 Å². The highest BCUT2D eigenvalue weighted by Crippen LogP contribution is 2.21. The minimum absolute atomic E-state index is 0.765. The summed E-state index contributed by atoms with van der Waals surface area (Å²) in [4.78, 5) is 4.51. The summed E-state index contributed by atoms with van der Waals surface area (Å²) >= 11 is 9.49. The van der Waals surface area contributed by atoms with Crippen LogP contribution in [0.1, 0.15) is 17.1 Å². The number of hydrogen-bond donors (Lipinski definition) is 0. The molecule has 2 aromatic rings. The molecule has 0 fully saturated rings. The maximum absolute atomic E-state index is 5.95. The van der Waals surface area contributed by atoms with E-state index < -0.39 is 0 Å². The van der Waals surface area contributed by atoms with E-state index >= 15 is 0 Å². The van der Waals surface area contributed by atoms with E-state index in [0.717, 1.165) is 27.6 Å². The van der Waals surface area contributed by atoms with E-state index in [2.05, 4.69) is 27.0 Å². The molecule has 0 unspecified atom stereocenters. The summed E-state index contributed by atoms with van der Waals surface area (Å²) in [5, 5.41) is 0.765. The quantitative estimate of drug-likeness (QED) is 0.826. The van der Waals surface area contributed by atoms with Gasteiger partial charge in [-0.1, -0.05) is 23.7 Å². The summed E-state index contributed by atoms with van der Waals surface area (Å²) in [6.45, 7) is 1.99. The van der Waals surface area contributed by atoms with Gasteiger partial charge in [0.05, 0.1) is 5.69 Å². The monoisotopic (exact) mass is 298 g/mol. The fourth-order valence-corrected chi connectivity index (χ4v) is 2.30. The normalized spacial score (nSPS) is 10.8. The summed E-state index contributed by atoms with van der Waals surface area (Å²) < 4.78 is 3.06. The molecule has 2 nitrogen and oxygen atoms in total. The first-order valence-corrected chi connectivity index (χ1v) is 6.17. The third-order valence-electron chi connectivity index (χ3n) is 2.58. The Bertz CT molecular complexity index is 520. The van der Waals surface area contributed by atoms with Crippen LogP contribution in [0.3, 0.4) is 0 Å². The van der Waals surface area contributed by atoms with Crippen LogP contribution < -0.4 is 0 Å². The van der Waals surface area contributed by atoms with Crippen molar-refractivity contribution >= 4 is 27.5 Å². The lowest BCUT2D eigenvalue weighted by Gasteiger charge is -2.00. The van der Waals surface area contributed by atoms with Crippen molar-refractivity contribution in [3.05, 3.63) is 51.0 Å². The number of aromatic nitrogens is 2. The van der Waals surface area contributed by atoms with E-state index in [-0.39, 0.29) is 0 Å². The van der Waals surface area contributed by atoms with Crippen LogP contribution in [0.2, 0.25) is 5.02 Å². The molecule has 0 saturated heterocycles. The van der Waals surface area contributed by atoms with E-state index in [0.29, 0.717) is 0 Å². The SMILES string of the molecule is Cc1nc(Cc2cccc(Cl)c2)c(Br)n1C. The summed E-state index contributed by atoms with van der Waals surface area (Å²) in [5.41, 5.74) is 2.22. The number of rotatable bonds is 2. The van der Waals surface area contributed by atoms with Gasteiger partial charge >= 0.3 is 0 Å². The first-order valence-electron chi connectivity index (χ1n) is 5.00. The van der Waals surface area contributed by atoms with E-state index in [1.54, 1.807) is 0 Å². The van der Waals surface area contributed by atoms with Gasteiger partial charge in [0.2, 0.25) is 0 Å². The Balaban J connectivity index is 2.30. The molecule has 0 radical (unpaired) electrons. The van der Waals surface area contributed by atoms with Crippen LogP contribution in [0.5, 0.6) is 0 Å². The molecule has 0 N–H and O–H groups in total. The van der Waals surface area contributed by atoms with Crippen molar-refractivity contribution in [2.24, 2.45) is 7.05 Å². The number of halogens is 2. The molecule has 1 heterocycles. The molecular formula is C12H12BrClN2. The zero-order chi connectivity index (χ0) is 11.7. The molecule has 1 aromatic carbocycles. The molecule has 0 aliphatic rings. The summed E-state index contributed by atoms with van der Waals surface area (Å²) in [5.74, 6) is 1.00. The zero-order valence-corrected chi connectivity index (χ0v) is 11.5. The summed E-state index contributed by atoms with van der Waals surface area (Å²) in [6, 6.07) is 7.87. The maximum atomic E-state index is 5.95. The van der Waals surface area contributed by atoms with E-state index in [4.69, 9.17) is 11.6 Å². The third kappa shape index (κ3) is 2.30. The molecule has 0 aliphatic heterocycles. The van der Waals surface area contributed by atoms with E-state index in [9.17, 15) is 0 Å². The molecule has 2 rings (SSSR count). The molecule has 0 amide bonds. The van der Waals surface area contributed by atoms with Crippen molar-refractivity contribution in [2.75, 3.05) is 0 Å². The Morgan fingerprint density at radius 2 is 2.19 bits per heavy atom. The molecule has 1 aromatic heterocycles. The molecule has 0 aliphatic carbocycles. The van der Waals surface area contributed by atoms with Gasteiger partial charge < -0.3 is 4.57 Å². The first kappa shape index (κ1) is 11.7. The molecule has 84 valence electrons. The Hall–Kier alpha value is -0.800. The van der Waals surface area contributed by atoms with Gasteiger partial charge in [-0.05, 0) is 40.5 Å². The average Bonchev–Trinajstić information content (AvgIpc) is 2.47. The van der Waals surface area contributed by atoms with Gasteiger partial charge in [-0.15, -0.1) is 0 Å². The highest BCUT2D eigenvalue weighted by atomic mass is 79.9. The van der Waals surface area contributed by atoms with Gasteiger partial charge in [0.15, 0.2) is 0 Å². The van der Waals surface area contributed by atoms with Gasteiger partial charge in [-0.3, -0.25) is 0 Å². The minimum atomic E-state index is 0.765. The average molecular weight is 300 g/mol. The van der Waals surface area contributed by atoms with Crippen molar-refractivity contribution in [3.63, 3.8) is 0 Å². The highest BCUT2D eigenvalue weighted by molar-refractivity contribution is 9.10. The number of nitrogens with zero attached hydrogens (tertiary/aromatic N) is 2. The Morgan fingerprint density at radius 3 is 2.75 bits per heavy atom. The van der Waals surface area contributed by atoms with Crippen LogP contribution >= 0.6 is 27.5 Å². The molecule has 16 heavy (non-hydrogen) atoms. The van der Waals surface area contributed by atoms with Crippen LogP contribution in [0.15, 0.2) is 28.9 Å². The molecule has 0 bridgehead atoms. The predicted molar refractivity (Wildman–Crippen MR) is 69.9 cm³/mol. The zero-order valence-electron chi connectivity index (χ0n) is 9.17. The van der Waals surface area contributed by atoms with Crippen LogP contribution in [0.25, 0.3) is 0 Å². The van der Waals surface area contributed by atoms with Crippen molar-refractivity contribution in [1.82, 2.24) is 9.55 Å². The lowest BCUT2D eigenvalue weighted by Crippen LogP contribution is -1.91. The number of benzene rings is 1. The lowest BCUT2D eigenvalue weighted by molar-refractivity contribution is 0.839. The standard InChI is InChI=1S/C12H12BrClN2/c1-8-15-11(12(13)16(8)2)7-9-4-3-5-10(14)6-9/h3-6H,7H2,1-2H3. The Morgan fingerprint density at radius 1 is 1.44 bits per heavy atom. The van der Waals surface area contributed by atoms with Crippen molar-refractivity contribution in [1.29, 1.82) is 0 Å². The summed E-state index contributed by atoms with van der Waals surface area (Å²) in [7, 11) is 1.99. The minimum Gasteiger partial charge on any atom is -0.326 e. The van der Waals surface area contributed by atoms with Gasteiger partial charge in [-0.25, -0.2) is 4.98 Å². The molecule has 0 spiro atoms. The van der Waals surface area contributed by atoms with E-state index in [1.165, 1.54) is 5.56 Å². The van der Waals surface area contributed by atoms with Crippen molar-refractivity contribution < 1.29 is 0 Å². The summed E-state index contributed by atoms with van der Waals surface area (Å²) in [6.07, 6.45) is 0.794. The second-order valence-electron chi connectivity index (χ2n) is 3.76. The third-order valence-corrected chi connectivity index (χ3v) is 3.80. The lowest BCUT2D eigenvalue weighted by atomic mass is 10.1. The largest absolute Gasteiger partial charge is 0.326 e. The highest BCUT2D eigenvalue weighted by Gasteiger charge is 2.09. The second kappa shape index (κ2) is 4.60. The van der Waals surface area contributed by atoms with Crippen LogP contribution in [0.4, 0.5) is 0 Å². The Labute approximate surface area is 108 Å².